The highest BCUT2D eigenvalue weighted by atomic mass is 32.2. The van der Waals surface area contributed by atoms with Crippen molar-refractivity contribution in [2.24, 2.45) is 0 Å². The number of sulfonamides is 1. The van der Waals surface area contributed by atoms with Gasteiger partial charge in [-0.3, -0.25) is 4.79 Å². The van der Waals surface area contributed by atoms with Gasteiger partial charge in [-0.1, -0.05) is 127 Å². The number of likely N-dealkylation sites (tertiary alicyclic amines) is 1. The number of nitrogens with one attached hydrogen (secondary N) is 2. The summed E-state index contributed by atoms with van der Waals surface area (Å²) in [7, 11) is -3.98. The Morgan fingerprint density at radius 3 is 2.02 bits per heavy atom. The molecule has 0 saturated carbocycles. The van der Waals surface area contributed by atoms with Gasteiger partial charge in [-0.25, -0.2) is 8.42 Å². The predicted molar refractivity (Wildman–Crippen MR) is 227 cm³/mol. The molecule has 3 fully saturated rings. The van der Waals surface area contributed by atoms with Gasteiger partial charge < -0.3 is 34.3 Å². The largest absolute Gasteiger partial charge is 0.392 e. The van der Waals surface area contributed by atoms with Crippen LogP contribution in [-0.2, 0) is 53.3 Å². The molecule has 3 heterocycles. The Morgan fingerprint density at radius 1 is 0.750 bits per heavy atom. The molecule has 0 aliphatic carbocycles. The molecular formula is C48H53N3O8S. The molecule has 1 unspecified atom stereocenters. The van der Waals surface area contributed by atoms with Crippen LogP contribution in [0.3, 0.4) is 0 Å². The SMILES string of the molecule is Cc1ccc(S(=O)(=O)N[C@H](Cc2ccccc2)C(=O)NCc2ccc(C3O[C@H](CN4CCC5(CC4)OCCO5)[C@@H](c4ccccc4)[C@H](c4ccc(CO)cc4)O3)cc2)cc1. The van der Waals surface area contributed by atoms with Gasteiger partial charge in [0.05, 0.1) is 36.9 Å². The lowest BCUT2D eigenvalue weighted by molar-refractivity contribution is -0.265. The summed E-state index contributed by atoms with van der Waals surface area (Å²) in [5, 5.41) is 12.8. The highest BCUT2D eigenvalue weighted by molar-refractivity contribution is 7.89. The third-order valence-corrected chi connectivity index (χ3v) is 13.3. The maximum absolute atomic E-state index is 13.7. The van der Waals surface area contributed by atoms with Crippen molar-refractivity contribution in [3.63, 3.8) is 0 Å². The molecule has 11 nitrogen and oxygen atoms in total. The fourth-order valence-corrected chi connectivity index (χ4v) is 9.59. The van der Waals surface area contributed by atoms with Crippen LogP contribution in [0.1, 0.15) is 70.1 Å². The number of benzene rings is 5. The topological polar surface area (TPSA) is 136 Å². The minimum absolute atomic E-state index is 0.0459. The first-order chi connectivity index (χ1) is 29.2. The fourth-order valence-electron chi connectivity index (χ4n) is 8.40. The van der Waals surface area contributed by atoms with Gasteiger partial charge in [-0.2, -0.15) is 4.72 Å². The Labute approximate surface area is 352 Å². The van der Waals surface area contributed by atoms with Crippen molar-refractivity contribution in [2.45, 2.75) is 80.5 Å². The van der Waals surface area contributed by atoms with E-state index in [1.807, 2.05) is 104 Å². The molecule has 1 spiro atoms. The van der Waals surface area contributed by atoms with Crippen LogP contribution >= 0.6 is 0 Å². The summed E-state index contributed by atoms with van der Waals surface area (Å²) in [6.07, 6.45) is 0.492. The van der Waals surface area contributed by atoms with Crippen molar-refractivity contribution in [1.29, 1.82) is 0 Å². The van der Waals surface area contributed by atoms with E-state index >= 15 is 0 Å². The molecule has 3 aliphatic rings. The average Bonchev–Trinajstić information content (AvgIpc) is 3.74. The van der Waals surface area contributed by atoms with E-state index in [0.717, 1.165) is 64.9 Å². The standard InChI is InChI=1S/C48H53N3O8S/c1-34-12-22-41(23-13-34)60(54,55)50-42(30-35-8-4-2-5-9-35)46(53)49-31-36-14-20-40(21-15-36)47-58-43(32-51-26-24-48(25-27-51)56-28-29-57-48)44(38-10-6-3-7-11-38)45(59-47)39-18-16-37(33-52)17-19-39/h2-23,42-45,47,50,52H,24-33H2,1H3,(H,49,53)/t42-,43-,44-,45+,47?/m1/s1. The first-order valence-electron chi connectivity index (χ1n) is 20.7. The Hall–Kier alpha value is -4.76. The van der Waals surface area contributed by atoms with Gasteiger partial charge in [0.2, 0.25) is 15.9 Å². The third kappa shape index (κ3) is 10.0. The molecule has 5 aromatic rings. The molecule has 3 aliphatic heterocycles. The number of hydrogen-bond acceptors (Lipinski definition) is 9. The van der Waals surface area contributed by atoms with Gasteiger partial charge in [-0.15, -0.1) is 0 Å². The number of ether oxygens (including phenoxy) is 4. The smallest absolute Gasteiger partial charge is 0.241 e. The molecule has 0 bridgehead atoms. The number of rotatable bonds is 14. The van der Waals surface area contributed by atoms with Crippen LogP contribution < -0.4 is 10.0 Å². The van der Waals surface area contributed by atoms with Crippen molar-refractivity contribution < 1.29 is 37.3 Å². The quantitative estimate of drug-likeness (QED) is 0.115. The molecule has 0 radical (unpaired) electrons. The molecule has 60 heavy (non-hydrogen) atoms. The number of hydrogen-bond donors (Lipinski definition) is 3. The average molecular weight is 832 g/mol. The van der Waals surface area contributed by atoms with Crippen molar-refractivity contribution in [2.75, 3.05) is 32.8 Å². The van der Waals surface area contributed by atoms with Gasteiger partial charge >= 0.3 is 0 Å². The summed E-state index contributed by atoms with van der Waals surface area (Å²) in [5.41, 5.74) is 6.36. The number of amides is 1. The van der Waals surface area contributed by atoms with E-state index in [4.69, 9.17) is 18.9 Å². The first-order valence-corrected chi connectivity index (χ1v) is 22.2. The van der Waals surface area contributed by atoms with Crippen molar-refractivity contribution in [3.05, 3.63) is 172 Å². The lowest BCUT2D eigenvalue weighted by Crippen LogP contribution is -2.50. The molecule has 5 atom stereocenters. The third-order valence-electron chi connectivity index (χ3n) is 11.8. The number of carbonyl (C=O) groups excluding carboxylic acids is 1. The maximum Gasteiger partial charge on any atom is 0.241 e. The molecule has 12 heteroatoms. The second-order valence-corrected chi connectivity index (χ2v) is 17.7. The highest BCUT2D eigenvalue weighted by Crippen LogP contribution is 2.47. The first kappa shape index (κ1) is 42.0. The van der Waals surface area contributed by atoms with Gasteiger partial charge in [0.25, 0.3) is 0 Å². The lowest BCUT2D eigenvalue weighted by Gasteiger charge is -2.46. The molecular weight excluding hydrogens is 779 g/mol. The summed E-state index contributed by atoms with van der Waals surface area (Å²) in [6.45, 7) is 5.62. The van der Waals surface area contributed by atoms with Gasteiger partial charge in [-0.05, 0) is 53.3 Å². The van der Waals surface area contributed by atoms with Gasteiger partial charge in [0.1, 0.15) is 6.04 Å². The van der Waals surface area contributed by atoms with Crippen LogP contribution in [-0.4, -0.2) is 75.1 Å². The molecule has 314 valence electrons. The zero-order valence-corrected chi connectivity index (χ0v) is 34.6. The fraction of sp³-hybridized carbons (Fsp3) is 0.354. The van der Waals surface area contributed by atoms with Crippen LogP contribution in [0.2, 0.25) is 0 Å². The summed E-state index contributed by atoms with van der Waals surface area (Å²) in [6, 6.07) is 40.9. The normalized spacial score (nSPS) is 22.4. The number of carbonyl (C=O) groups is 1. The lowest BCUT2D eigenvalue weighted by atomic mass is 9.83. The monoisotopic (exact) mass is 831 g/mol. The maximum atomic E-state index is 13.7. The summed E-state index contributed by atoms with van der Waals surface area (Å²) >= 11 is 0. The minimum Gasteiger partial charge on any atom is -0.392 e. The molecule has 3 N–H and O–H groups in total. The van der Waals surface area contributed by atoms with Crippen LogP contribution in [0.4, 0.5) is 0 Å². The summed E-state index contributed by atoms with van der Waals surface area (Å²) < 4.78 is 55.4. The number of aliphatic hydroxyl groups excluding tert-OH is 1. The Morgan fingerprint density at radius 2 is 1.37 bits per heavy atom. The summed E-state index contributed by atoms with van der Waals surface area (Å²) in [5.74, 6) is -1.04. The predicted octanol–water partition coefficient (Wildman–Crippen LogP) is 6.47. The molecule has 1 amide bonds. The Kier molecular flexibility index (Phi) is 13.2. The second-order valence-electron chi connectivity index (χ2n) is 15.9. The van der Waals surface area contributed by atoms with Crippen molar-refractivity contribution >= 4 is 15.9 Å². The second kappa shape index (κ2) is 18.9. The molecule has 0 aromatic heterocycles. The van der Waals surface area contributed by atoms with Crippen LogP contribution in [0.15, 0.2) is 138 Å². The zero-order valence-electron chi connectivity index (χ0n) is 33.8. The minimum atomic E-state index is -3.98. The van der Waals surface area contributed by atoms with E-state index < -0.39 is 34.0 Å². The van der Waals surface area contributed by atoms with E-state index in [0.29, 0.717) is 19.8 Å². The van der Waals surface area contributed by atoms with Crippen LogP contribution in [0, 0.1) is 6.92 Å². The van der Waals surface area contributed by atoms with Gasteiger partial charge in [0, 0.05) is 50.5 Å². The van der Waals surface area contributed by atoms with E-state index in [2.05, 4.69) is 27.1 Å². The zero-order chi connectivity index (χ0) is 41.5. The van der Waals surface area contributed by atoms with Crippen LogP contribution in [0.5, 0.6) is 0 Å². The number of piperidine rings is 1. The van der Waals surface area contributed by atoms with E-state index in [1.54, 1.807) is 24.3 Å². The van der Waals surface area contributed by atoms with Crippen LogP contribution in [0.25, 0.3) is 0 Å². The number of nitrogens with zero attached hydrogens (tertiary/aromatic N) is 1. The van der Waals surface area contributed by atoms with E-state index in [1.165, 1.54) is 0 Å². The summed E-state index contributed by atoms with van der Waals surface area (Å²) in [4.78, 5) is 16.3. The number of aliphatic hydroxyl groups is 1. The van der Waals surface area contributed by atoms with Gasteiger partial charge in [0.15, 0.2) is 12.1 Å². The van der Waals surface area contributed by atoms with Crippen molar-refractivity contribution in [3.8, 4) is 0 Å². The van der Waals surface area contributed by atoms with Crippen molar-refractivity contribution in [1.82, 2.24) is 14.9 Å². The molecule has 3 saturated heterocycles. The Bertz CT molecular complexity index is 2260. The van der Waals surface area contributed by atoms with E-state index in [9.17, 15) is 18.3 Å². The highest BCUT2D eigenvalue weighted by Gasteiger charge is 2.45. The Balaban J connectivity index is 1.00. The van der Waals surface area contributed by atoms with E-state index in [-0.39, 0.29) is 42.6 Å². The number of aryl methyl sites for hydroxylation is 1. The molecule has 5 aromatic carbocycles. The molecule has 8 rings (SSSR count).